The van der Waals surface area contributed by atoms with Gasteiger partial charge < -0.3 is 0 Å². The molecule has 0 saturated carbocycles. The summed E-state index contributed by atoms with van der Waals surface area (Å²) in [4.78, 5) is 20.1. The summed E-state index contributed by atoms with van der Waals surface area (Å²) in [5.74, 6) is 0.751. The summed E-state index contributed by atoms with van der Waals surface area (Å²) in [6, 6.07) is 5.39. The van der Waals surface area contributed by atoms with E-state index in [-0.39, 0.29) is 12.5 Å². The van der Waals surface area contributed by atoms with Crippen molar-refractivity contribution >= 4 is 11.7 Å². The van der Waals surface area contributed by atoms with E-state index in [0.29, 0.717) is 17.9 Å². The van der Waals surface area contributed by atoms with Crippen LogP contribution in [0.4, 0.5) is 5.82 Å². The number of carbonyl (C=O) groups is 1. The third kappa shape index (κ3) is 2.12. The highest BCUT2D eigenvalue weighted by Gasteiger charge is 2.22. The lowest BCUT2D eigenvalue weighted by molar-refractivity contribution is -0.117. The molecule has 1 aromatic heterocycles. The van der Waals surface area contributed by atoms with Crippen LogP contribution in [0.3, 0.4) is 0 Å². The van der Waals surface area contributed by atoms with Crippen LogP contribution in [0.15, 0.2) is 23.3 Å². The number of pyridine rings is 1. The van der Waals surface area contributed by atoms with Gasteiger partial charge in [-0.3, -0.25) is 9.69 Å². The van der Waals surface area contributed by atoms with Crippen molar-refractivity contribution < 1.29 is 4.79 Å². The second-order valence-electron chi connectivity index (χ2n) is 3.53. The van der Waals surface area contributed by atoms with Crippen molar-refractivity contribution in [3.8, 4) is 0 Å². The van der Waals surface area contributed by atoms with E-state index in [2.05, 4.69) is 15.0 Å². The summed E-state index contributed by atoms with van der Waals surface area (Å²) < 4.78 is 0. The molecule has 0 N–H and O–H groups in total. The maximum absolute atomic E-state index is 11.5. The van der Waals surface area contributed by atoms with Crippen LogP contribution in [-0.4, -0.2) is 17.4 Å². The first-order valence-corrected chi connectivity index (χ1v) is 5.08. The van der Waals surface area contributed by atoms with E-state index in [1.165, 1.54) is 0 Å². The van der Waals surface area contributed by atoms with Gasteiger partial charge in [0.05, 0.1) is 6.54 Å². The Bertz CT molecular complexity index is 452. The van der Waals surface area contributed by atoms with Crippen molar-refractivity contribution in [3.63, 3.8) is 0 Å². The molecule has 16 heavy (non-hydrogen) atoms. The summed E-state index contributed by atoms with van der Waals surface area (Å²) in [6.07, 6.45) is 1.46. The maximum atomic E-state index is 11.5. The lowest BCUT2D eigenvalue weighted by atomic mass is 10.3. The smallest absolute Gasteiger partial charge is 0.228 e. The monoisotopic (exact) mass is 217 g/mol. The highest BCUT2D eigenvalue weighted by atomic mass is 16.2. The summed E-state index contributed by atoms with van der Waals surface area (Å²) in [6.45, 7) is 0.934. The molecule has 1 saturated heterocycles. The standard InChI is InChI=1S/C10H11N5O/c11-14-12-7-8-3-1-4-9(13-8)15-6-2-5-10(15)16/h1,3-4H,2,5-7H2. The molecule has 1 aliphatic rings. The fraction of sp³-hybridized carbons (Fsp3) is 0.400. The topological polar surface area (TPSA) is 82.0 Å². The molecule has 6 nitrogen and oxygen atoms in total. The third-order valence-corrected chi connectivity index (χ3v) is 2.44. The molecular weight excluding hydrogens is 206 g/mol. The van der Waals surface area contributed by atoms with Crippen molar-refractivity contribution in [1.29, 1.82) is 0 Å². The van der Waals surface area contributed by atoms with Gasteiger partial charge in [0.2, 0.25) is 5.91 Å². The maximum Gasteiger partial charge on any atom is 0.228 e. The second kappa shape index (κ2) is 4.63. The van der Waals surface area contributed by atoms with Crippen LogP contribution >= 0.6 is 0 Å². The summed E-state index contributed by atoms with van der Waals surface area (Å²) in [5.41, 5.74) is 8.89. The molecule has 2 heterocycles. The van der Waals surface area contributed by atoms with Crippen molar-refractivity contribution in [2.24, 2.45) is 5.11 Å². The Morgan fingerprint density at radius 3 is 3.12 bits per heavy atom. The molecule has 1 fully saturated rings. The van der Waals surface area contributed by atoms with E-state index < -0.39 is 0 Å². The average molecular weight is 217 g/mol. The second-order valence-corrected chi connectivity index (χ2v) is 3.53. The van der Waals surface area contributed by atoms with Crippen LogP contribution in [0.25, 0.3) is 10.4 Å². The predicted octanol–water partition coefficient (Wildman–Crippen LogP) is 2.02. The molecule has 0 aromatic carbocycles. The van der Waals surface area contributed by atoms with Gasteiger partial charge in [-0.25, -0.2) is 4.98 Å². The Morgan fingerprint density at radius 2 is 2.44 bits per heavy atom. The Kier molecular flexibility index (Phi) is 3.03. The van der Waals surface area contributed by atoms with E-state index in [4.69, 9.17) is 5.53 Å². The van der Waals surface area contributed by atoms with Crippen LogP contribution in [0.2, 0.25) is 0 Å². The molecule has 0 unspecified atom stereocenters. The largest absolute Gasteiger partial charge is 0.297 e. The zero-order valence-electron chi connectivity index (χ0n) is 8.70. The normalized spacial score (nSPS) is 15.0. The number of anilines is 1. The van der Waals surface area contributed by atoms with E-state index in [1.54, 1.807) is 17.0 Å². The predicted molar refractivity (Wildman–Crippen MR) is 58.7 cm³/mol. The number of hydrogen-bond acceptors (Lipinski definition) is 3. The van der Waals surface area contributed by atoms with Gasteiger partial charge in [0, 0.05) is 23.6 Å². The molecule has 2 rings (SSSR count). The quantitative estimate of drug-likeness (QED) is 0.441. The molecule has 6 heteroatoms. The SMILES string of the molecule is [N-]=[N+]=NCc1cccc(N2CCCC2=O)n1. The Hall–Kier alpha value is -2.07. The van der Waals surface area contributed by atoms with Gasteiger partial charge in [-0.1, -0.05) is 11.2 Å². The average Bonchev–Trinajstić information content (AvgIpc) is 2.73. The Labute approximate surface area is 92.5 Å². The summed E-state index contributed by atoms with van der Waals surface area (Å²) >= 11 is 0. The van der Waals surface area contributed by atoms with Crippen LogP contribution in [0.1, 0.15) is 18.5 Å². The molecule has 1 aliphatic heterocycles. The molecule has 0 radical (unpaired) electrons. The molecule has 0 spiro atoms. The zero-order valence-corrected chi connectivity index (χ0v) is 8.70. The zero-order chi connectivity index (χ0) is 11.4. The van der Waals surface area contributed by atoms with Crippen molar-refractivity contribution in [1.82, 2.24) is 4.98 Å². The Balaban J connectivity index is 2.21. The lowest BCUT2D eigenvalue weighted by Gasteiger charge is -2.14. The van der Waals surface area contributed by atoms with Gasteiger partial charge in [-0.15, -0.1) is 0 Å². The minimum absolute atomic E-state index is 0.105. The van der Waals surface area contributed by atoms with E-state index in [1.807, 2.05) is 6.07 Å². The minimum atomic E-state index is 0.105. The fourth-order valence-electron chi connectivity index (χ4n) is 1.70. The highest BCUT2D eigenvalue weighted by molar-refractivity contribution is 5.94. The first-order valence-electron chi connectivity index (χ1n) is 5.08. The van der Waals surface area contributed by atoms with E-state index in [0.717, 1.165) is 13.0 Å². The molecule has 1 amide bonds. The van der Waals surface area contributed by atoms with Gasteiger partial charge >= 0.3 is 0 Å². The number of amides is 1. The number of rotatable bonds is 3. The van der Waals surface area contributed by atoms with Gasteiger partial charge in [-0.05, 0) is 24.1 Å². The molecule has 0 aliphatic carbocycles. The fourth-order valence-corrected chi connectivity index (χ4v) is 1.70. The summed E-state index contributed by atoms with van der Waals surface area (Å²) in [5, 5.41) is 3.44. The van der Waals surface area contributed by atoms with Crippen molar-refractivity contribution in [3.05, 3.63) is 34.3 Å². The first kappa shape index (κ1) is 10.4. The number of azide groups is 1. The highest BCUT2D eigenvalue weighted by Crippen LogP contribution is 2.19. The molecule has 0 atom stereocenters. The van der Waals surface area contributed by atoms with Gasteiger partial charge in [-0.2, -0.15) is 0 Å². The minimum Gasteiger partial charge on any atom is -0.297 e. The number of nitrogens with zero attached hydrogens (tertiary/aromatic N) is 5. The van der Waals surface area contributed by atoms with Crippen LogP contribution in [0, 0.1) is 0 Å². The molecule has 1 aromatic rings. The Morgan fingerprint density at radius 1 is 1.56 bits per heavy atom. The van der Waals surface area contributed by atoms with E-state index >= 15 is 0 Å². The van der Waals surface area contributed by atoms with Crippen molar-refractivity contribution in [2.75, 3.05) is 11.4 Å². The van der Waals surface area contributed by atoms with Crippen LogP contribution in [0.5, 0.6) is 0 Å². The number of carbonyl (C=O) groups excluding carboxylic acids is 1. The molecule has 0 bridgehead atoms. The van der Waals surface area contributed by atoms with Gasteiger partial charge in [0.15, 0.2) is 0 Å². The molecular formula is C10H11N5O. The third-order valence-electron chi connectivity index (χ3n) is 2.44. The lowest BCUT2D eigenvalue weighted by Crippen LogP contribution is -2.24. The first-order chi connectivity index (χ1) is 7.81. The number of aromatic nitrogens is 1. The molecule has 82 valence electrons. The van der Waals surface area contributed by atoms with Gasteiger partial charge in [0.1, 0.15) is 5.82 Å². The van der Waals surface area contributed by atoms with Crippen LogP contribution in [-0.2, 0) is 11.3 Å². The van der Waals surface area contributed by atoms with Crippen LogP contribution < -0.4 is 4.90 Å². The summed E-state index contributed by atoms with van der Waals surface area (Å²) in [7, 11) is 0. The van der Waals surface area contributed by atoms with Gasteiger partial charge in [0.25, 0.3) is 0 Å². The van der Waals surface area contributed by atoms with Crippen molar-refractivity contribution in [2.45, 2.75) is 19.4 Å². The van der Waals surface area contributed by atoms with E-state index in [9.17, 15) is 4.79 Å². The number of hydrogen-bond donors (Lipinski definition) is 0.